The van der Waals surface area contributed by atoms with Gasteiger partial charge in [-0.2, -0.15) is 5.09 Å². The average Bonchev–Trinajstić information content (AvgIpc) is 3.05. The Bertz CT molecular complexity index is 1030. The third-order valence-corrected chi connectivity index (χ3v) is 7.28. The van der Waals surface area contributed by atoms with Crippen LogP contribution < -0.4 is 9.61 Å². The monoisotopic (exact) mass is 526 g/mol. The number of aliphatic hydroxyl groups is 1. The standard InChI is InChI=1S/C24H32FN2O8P/c1-5-13-32-22(30)17(3)26-36(31,35-18-9-7-6-8-10-18)33-15-19-21(29)24(4,25)23(34-19)27-12-11-16(2)14-20(27)28/h6-12,17,19,21,23,29H,2,5,13-15H2,1,3-4H3,(H,26,31)/t17-,19+,21+,23+,24+,36-/m0/s1. The Labute approximate surface area is 209 Å². The zero-order valence-corrected chi connectivity index (χ0v) is 21.4. The molecule has 1 amide bonds. The molecule has 1 aromatic rings. The van der Waals surface area contributed by atoms with Crippen LogP contribution in [0.5, 0.6) is 5.75 Å². The van der Waals surface area contributed by atoms with Crippen molar-refractivity contribution in [3.8, 4) is 5.75 Å². The van der Waals surface area contributed by atoms with Gasteiger partial charge in [-0.15, -0.1) is 0 Å². The van der Waals surface area contributed by atoms with Crippen molar-refractivity contribution in [1.82, 2.24) is 9.99 Å². The Kier molecular flexibility index (Phi) is 9.08. The number of rotatable bonds is 11. The van der Waals surface area contributed by atoms with Gasteiger partial charge in [0.15, 0.2) is 11.9 Å². The minimum Gasteiger partial charge on any atom is -0.465 e. The smallest absolute Gasteiger partial charge is 0.459 e. The van der Waals surface area contributed by atoms with Gasteiger partial charge in [0.2, 0.25) is 5.91 Å². The van der Waals surface area contributed by atoms with Gasteiger partial charge in [0.05, 0.1) is 19.6 Å². The van der Waals surface area contributed by atoms with Gasteiger partial charge < -0.3 is 19.1 Å². The van der Waals surface area contributed by atoms with Gasteiger partial charge in [-0.25, -0.2) is 8.96 Å². The van der Waals surface area contributed by atoms with E-state index in [4.69, 9.17) is 18.5 Å². The van der Waals surface area contributed by atoms with E-state index in [-0.39, 0.29) is 18.8 Å². The van der Waals surface area contributed by atoms with Crippen LogP contribution in [0.3, 0.4) is 0 Å². The van der Waals surface area contributed by atoms with Crippen LogP contribution in [0.1, 0.15) is 33.6 Å². The van der Waals surface area contributed by atoms with Crippen molar-refractivity contribution < 1.29 is 42.2 Å². The molecular weight excluding hydrogens is 494 g/mol. The first kappa shape index (κ1) is 28.0. The van der Waals surface area contributed by atoms with Gasteiger partial charge in [0.1, 0.15) is 24.0 Å². The summed E-state index contributed by atoms with van der Waals surface area (Å²) in [6.07, 6.45) is -0.957. The van der Waals surface area contributed by atoms with Crippen LogP contribution in [0.25, 0.3) is 0 Å². The summed E-state index contributed by atoms with van der Waals surface area (Å²) in [4.78, 5) is 25.7. The van der Waals surface area contributed by atoms with E-state index in [0.717, 1.165) is 11.8 Å². The molecule has 0 spiro atoms. The minimum atomic E-state index is -4.25. The van der Waals surface area contributed by atoms with Crippen molar-refractivity contribution in [2.75, 3.05) is 13.2 Å². The highest BCUT2D eigenvalue weighted by Gasteiger charge is 2.57. The first-order chi connectivity index (χ1) is 17.0. The highest BCUT2D eigenvalue weighted by atomic mass is 31.2. The van der Waals surface area contributed by atoms with E-state index >= 15 is 4.39 Å². The number of alkyl halides is 1. The molecule has 0 saturated carbocycles. The summed E-state index contributed by atoms with van der Waals surface area (Å²) in [7, 11) is -4.25. The van der Waals surface area contributed by atoms with Gasteiger partial charge in [0, 0.05) is 6.20 Å². The molecule has 0 aromatic heterocycles. The van der Waals surface area contributed by atoms with Crippen molar-refractivity contribution in [2.24, 2.45) is 0 Å². The van der Waals surface area contributed by atoms with Crippen LogP contribution in [-0.4, -0.2) is 65.2 Å². The molecule has 1 saturated heterocycles. The fourth-order valence-electron chi connectivity index (χ4n) is 3.67. The quantitative estimate of drug-likeness (QED) is 0.330. The lowest BCUT2D eigenvalue weighted by Crippen LogP contribution is -2.50. The number of esters is 1. The van der Waals surface area contributed by atoms with Gasteiger partial charge in [-0.05, 0) is 44.1 Å². The lowest BCUT2D eigenvalue weighted by atomic mass is 9.97. The minimum absolute atomic E-state index is 0.0141. The molecule has 0 bridgehead atoms. The van der Waals surface area contributed by atoms with Crippen molar-refractivity contribution in [3.63, 3.8) is 0 Å². The number of carbonyl (C=O) groups excluding carboxylic acids is 2. The number of ether oxygens (including phenoxy) is 2. The summed E-state index contributed by atoms with van der Waals surface area (Å²) >= 11 is 0. The number of para-hydroxylation sites is 1. The van der Waals surface area contributed by atoms with Crippen LogP contribution in [-0.2, 0) is 28.2 Å². The molecule has 0 radical (unpaired) electrons. The first-order valence-electron chi connectivity index (χ1n) is 11.6. The lowest BCUT2D eigenvalue weighted by molar-refractivity contribution is -0.148. The molecule has 12 heteroatoms. The normalized spacial score (nSPS) is 28.6. The predicted molar refractivity (Wildman–Crippen MR) is 128 cm³/mol. The zero-order valence-electron chi connectivity index (χ0n) is 20.5. The van der Waals surface area contributed by atoms with Crippen LogP contribution in [0, 0.1) is 0 Å². The predicted octanol–water partition coefficient (Wildman–Crippen LogP) is 3.24. The number of aliphatic hydroxyl groups excluding tert-OH is 1. The SMILES string of the molecule is C=C1C=CN([C@@H]2O[C@H](CO[P@@](=O)(N[C@@H](C)C(=O)OCCC)Oc3ccccc3)[C@@H](O)[C@@]2(C)F)C(=O)C1. The molecule has 0 unspecified atom stereocenters. The lowest BCUT2D eigenvalue weighted by Gasteiger charge is -2.33. The molecule has 10 nitrogen and oxygen atoms in total. The number of halogens is 1. The maximum absolute atomic E-state index is 15.5. The molecule has 3 rings (SSSR count). The maximum atomic E-state index is 15.5. The number of amides is 1. The third-order valence-electron chi connectivity index (χ3n) is 5.64. The van der Waals surface area contributed by atoms with Crippen LogP contribution in [0.2, 0.25) is 0 Å². The van der Waals surface area contributed by atoms with E-state index in [1.807, 2.05) is 6.92 Å². The summed E-state index contributed by atoms with van der Waals surface area (Å²) in [5, 5.41) is 13.1. The summed E-state index contributed by atoms with van der Waals surface area (Å²) in [6, 6.07) is 7.04. The molecule has 2 aliphatic rings. The molecule has 2 aliphatic heterocycles. The molecular formula is C24H32FN2O8P. The average molecular weight is 526 g/mol. The Morgan fingerprint density at radius 1 is 1.42 bits per heavy atom. The summed E-state index contributed by atoms with van der Waals surface area (Å²) in [5.41, 5.74) is -1.80. The molecule has 36 heavy (non-hydrogen) atoms. The largest absolute Gasteiger partial charge is 0.465 e. The van der Waals surface area contributed by atoms with E-state index in [2.05, 4.69) is 11.7 Å². The van der Waals surface area contributed by atoms with Crippen LogP contribution in [0.15, 0.2) is 54.8 Å². The second kappa shape index (κ2) is 11.7. The molecule has 1 fully saturated rings. The molecule has 2 N–H and O–H groups in total. The van der Waals surface area contributed by atoms with Crippen LogP contribution in [0.4, 0.5) is 4.39 Å². The summed E-state index contributed by atoms with van der Waals surface area (Å²) in [5.74, 6) is -0.917. The van der Waals surface area contributed by atoms with Gasteiger partial charge >= 0.3 is 13.7 Å². The molecule has 1 aromatic carbocycles. The molecule has 6 atom stereocenters. The second-order valence-electron chi connectivity index (χ2n) is 8.79. The Hall–Kier alpha value is -2.56. The zero-order chi connectivity index (χ0) is 26.5. The van der Waals surface area contributed by atoms with E-state index in [1.54, 1.807) is 24.3 Å². The van der Waals surface area contributed by atoms with E-state index in [9.17, 15) is 19.3 Å². The third kappa shape index (κ3) is 6.60. The van der Waals surface area contributed by atoms with Gasteiger partial charge in [-0.1, -0.05) is 31.7 Å². The summed E-state index contributed by atoms with van der Waals surface area (Å²) < 4.78 is 50.9. The Morgan fingerprint density at radius 3 is 2.75 bits per heavy atom. The Balaban J connectivity index is 1.75. The van der Waals surface area contributed by atoms with Crippen LogP contribution >= 0.6 is 7.75 Å². The number of nitrogens with zero attached hydrogens (tertiary/aromatic N) is 1. The fourth-order valence-corrected chi connectivity index (χ4v) is 5.17. The highest BCUT2D eigenvalue weighted by molar-refractivity contribution is 7.52. The highest BCUT2D eigenvalue weighted by Crippen LogP contribution is 2.46. The van der Waals surface area contributed by atoms with E-state index in [1.165, 1.54) is 25.3 Å². The molecule has 198 valence electrons. The van der Waals surface area contributed by atoms with Crippen molar-refractivity contribution >= 4 is 19.6 Å². The summed E-state index contributed by atoms with van der Waals surface area (Å²) in [6.45, 7) is 7.70. The number of carbonyl (C=O) groups is 2. The number of hydrogen-bond acceptors (Lipinski definition) is 8. The van der Waals surface area contributed by atoms with Crippen molar-refractivity contribution in [3.05, 3.63) is 54.8 Å². The molecule has 0 aliphatic carbocycles. The van der Waals surface area contributed by atoms with Crippen molar-refractivity contribution in [1.29, 1.82) is 0 Å². The maximum Gasteiger partial charge on any atom is 0.459 e. The van der Waals surface area contributed by atoms with Gasteiger partial charge in [-0.3, -0.25) is 19.0 Å². The van der Waals surface area contributed by atoms with Gasteiger partial charge in [0.25, 0.3) is 0 Å². The second-order valence-corrected chi connectivity index (χ2v) is 10.5. The topological polar surface area (TPSA) is 124 Å². The van der Waals surface area contributed by atoms with Crippen molar-refractivity contribution in [2.45, 2.75) is 63.8 Å². The number of allylic oxidation sites excluding steroid dienone is 1. The first-order valence-corrected chi connectivity index (χ1v) is 13.1. The number of nitrogens with one attached hydrogen (secondary N) is 1. The molecule has 2 heterocycles. The Morgan fingerprint density at radius 2 is 2.11 bits per heavy atom. The van der Waals surface area contributed by atoms with E-state index in [0.29, 0.717) is 12.0 Å². The van der Waals surface area contributed by atoms with E-state index < -0.39 is 56.4 Å². The number of hydrogen-bond donors (Lipinski definition) is 2. The fraction of sp³-hybridized carbons (Fsp3) is 0.500. The number of benzene rings is 1.